The van der Waals surface area contributed by atoms with Gasteiger partial charge in [0, 0.05) is 10.8 Å². The van der Waals surface area contributed by atoms with Crippen LogP contribution in [0.5, 0.6) is 0 Å². The Morgan fingerprint density at radius 2 is 2.38 bits per heavy atom. The molecule has 1 aliphatic rings. The molecule has 1 heterocycles. The van der Waals surface area contributed by atoms with Crippen molar-refractivity contribution in [3.63, 3.8) is 0 Å². The average Bonchev–Trinajstić information content (AvgIpc) is 2.28. The maximum atomic E-state index is 11.2. The SMILES string of the molecule is O=C1CSc2ccc(CC(O)CCl)cc2N1. The quantitative estimate of drug-likeness (QED) is 0.813. The highest BCUT2D eigenvalue weighted by Crippen LogP contribution is 2.32. The molecule has 86 valence electrons. The first-order chi connectivity index (χ1) is 7.69. The average molecular weight is 258 g/mol. The number of aliphatic hydroxyl groups is 1. The zero-order valence-electron chi connectivity index (χ0n) is 8.57. The number of nitrogens with one attached hydrogen (secondary N) is 1. The van der Waals surface area contributed by atoms with Gasteiger partial charge >= 0.3 is 0 Å². The molecule has 1 amide bonds. The van der Waals surface area contributed by atoms with Gasteiger partial charge in [-0.2, -0.15) is 0 Å². The van der Waals surface area contributed by atoms with E-state index in [0.717, 1.165) is 16.1 Å². The van der Waals surface area contributed by atoms with E-state index in [4.69, 9.17) is 11.6 Å². The number of benzene rings is 1. The molecule has 16 heavy (non-hydrogen) atoms. The summed E-state index contributed by atoms with van der Waals surface area (Å²) in [5.41, 5.74) is 1.82. The smallest absolute Gasteiger partial charge is 0.234 e. The van der Waals surface area contributed by atoms with Gasteiger partial charge in [0.1, 0.15) is 0 Å². The van der Waals surface area contributed by atoms with E-state index in [2.05, 4.69) is 5.32 Å². The third-order valence-electron chi connectivity index (χ3n) is 2.33. The molecule has 2 N–H and O–H groups in total. The van der Waals surface area contributed by atoms with Crippen LogP contribution in [0.3, 0.4) is 0 Å². The summed E-state index contributed by atoms with van der Waals surface area (Å²) < 4.78 is 0. The molecule has 1 unspecified atom stereocenters. The molecule has 2 rings (SSSR count). The number of thioether (sulfide) groups is 1. The van der Waals surface area contributed by atoms with Crippen LogP contribution in [0.25, 0.3) is 0 Å². The maximum absolute atomic E-state index is 11.2. The maximum Gasteiger partial charge on any atom is 0.234 e. The molecule has 1 aliphatic heterocycles. The summed E-state index contributed by atoms with van der Waals surface area (Å²) >= 11 is 7.07. The molecule has 1 atom stereocenters. The highest BCUT2D eigenvalue weighted by Gasteiger charge is 2.15. The van der Waals surface area contributed by atoms with Crippen molar-refractivity contribution in [1.29, 1.82) is 0 Å². The predicted octanol–water partition coefficient (Wildman–Crippen LogP) is 1.87. The van der Waals surface area contributed by atoms with E-state index in [-0.39, 0.29) is 11.8 Å². The number of carbonyl (C=O) groups is 1. The third kappa shape index (κ3) is 2.70. The number of halogens is 1. The predicted molar refractivity (Wildman–Crippen MR) is 66.2 cm³/mol. The van der Waals surface area contributed by atoms with Crippen LogP contribution in [0.15, 0.2) is 23.1 Å². The Kier molecular flexibility index (Phi) is 3.74. The molecular weight excluding hydrogens is 246 g/mol. The van der Waals surface area contributed by atoms with Gasteiger partial charge in [-0.15, -0.1) is 23.4 Å². The van der Waals surface area contributed by atoms with Crippen LogP contribution in [-0.2, 0) is 11.2 Å². The highest BCUT2D eigenvalue weighted by molar-refractivity contribution is 8.00. The lowest BCUT2D eigenvalue weighted by Gasteiger charge is -2.17. The fraction of sp³-hybridized carbons (Fsp3) is 0.364. The van der Waals surface area contributed by atoms with Crippen LogP contribution >= 0.6 is 23.4 Å². The molecule has 0 bridgehead atoms. The van der Waals surface area contributed by atoms with E-state index in [1.54, 1.807) is 0 Å². The molecule has 0 saturated carbocycles. The summed E-state index contributed by atoms with van der Waals surface area (Å²) in [7, 11) is 0. The first-order valence-corrected chi connectivity index (χ1v) is 6.50. The van der Waals surface area contributed by atoms with E-state index in [9.17, 15) is 9.90 Å². The lowest BCUT2D eigenvalue weighted by atomic mass is 10.1. The summed E-state index contributed by atoms with van der Waals surface area (Å²) in [4.78, 5) is 12.3. The minimum absolute atomic E-state index is 0.0209. The van der Waals surface area contributed by atoms with Gasteiger partial charge in [-0.05, 0) is 24.1 Å². The van der Waals surface area contributed by atoms with Crippen LogP contribution in [0.1, 0.15) is 5.56 Å². The molecule has 0 radical (unpaired) electrons. The molecule has 0 aromatic heterocycles. The zero-order chi connectivity index (χ0) is 11.5. The van der Waals surface area contributed by atoms with Crippen molar-refractivity contribution < 1.29 is 9.90 Å². The monoisotopic (exact) mass is 257 g/mol. The number of amides is 1. The van der Waals surface area contributed by atoms with Crippen molar-refractivity contribution in [2.45, 2.75) is 17.4 Å². The summed E-state index contributed by atoms with van der Waals surface area (Å²) in [6.07, 6.45) is -0.0243. The molecule has 0 fully saturated rings. The third-order valence-corrected chi connectivity index (χ3v) is 3.76. The number of hydrogen-bond donors (Lipinski definition) is 2. The lowest BCUT2D eigenvalue weighted by Crippen LogP contribution is -2.19. The van der Waals surface area contributed by atoms with E-state index in [0.29, 0.717) is 12.2 Å². The van der Waals surface area contributed by atoms with Gasteiger partial charge < -0.3 is 10.4 Å². The van der Waals surface area contributed by atoms with E-state index < -0.39 is 6.10 Å². The van der Waals surface area contributed by atoms with Crippen LogP contribution in [0, 0.1) is 0 Å². The summed E-state index contributed by atoms with van der Waals surface area (Å²) in [6.45, 7) is 0. The largest absolute Gasteiger partial charge is 0.392 e. The first-order valence-electron chi connectivity index (χ1n) is 4.98. The van der Waals surface area contributed by atoms with Crippen LogP contribution in [-0.4, -0.2) is 28.8 Å². The number of rotatable bonds is 3. The van der Waals surface area contributed by atoms with E-state index >= 15 is 0 Å². The van der Waals surface area contributed by atoms with Gasteiger partial charge in [-0.3, -0.25) is 4.79 Å². The standard InChI is InChI=1S/C11H12ClNO2S/c12-5-8(14)3-7-1-2-10-9(4-7)13-11(15)6-16-10/h1-2,4,8,14H,3,5-6H2,(H,13,15). The molecule has 0 aliphatic carbocycles. The second-order valence-corrected chi connectivity index (χ2v) is 5.01. The Morgan fingerprint density at radius 1 is 1.56 bits per heavy atom. The summed E-state index contributed by atoms with van der Waals surface area (Å²) in [6, 6.07) is 5.82. The van der Waals surface area contributed by atoms with Gasteiger partial charge in [0.15, 0.2) is 0 Å². The molecule has 1 aromatic carbocycles. The second-order valence-electron chi connectivity index (χ2n) is 3.68. The van der Waals surface area contributed by atoms with Crippen LogP contribution < -0.4 is 5.32 Å². The molecule has 5 heteroatoms. The van der Waals surface area contributed by atoms with Crippen LogP contribution in [0.2, 0.25) is 0 Å². The Bertz CT molecular complexity index is 411. The van der Waals surface area contributed by atoms with Crippen molar-refractivity contribution in [2.75, 3.05) is 16.9 Å². The topological polar surface area (TPSA) is 49.3 Å². The van der Waals surface area contributed by atoms with Crippen molar-refractivity contribution in [1.82, 2.24) is 0 Å². The minimum atomic E-state index is -0.535. The first kappa shape index (κ1) is 11.8. The Hall–Kier alpha value is -0.710. The molecule has 0 saturated heterocycles. The van der Waals surface area contributed by atoms with Gasteiger partial charge in [0.2, 0.25) is 5.91 Å². The van der Waals surface area contributed by atoms with Gasteiger partial charge in [-0.25, -0.2) is 0 Å². The van der Waals surface area contributed by atoms with Gasteiger partial charge in [0.05, 0.1) is 17.5 Å². The van der Waals surface area contributed by atoms with Gasteiger partial charge in [-0.1, -0.05) is 6.07 Å². The molecule has 0 spiro atoms. The normalized spacial score (nSPS) is 16.5. The van der Waals surface area contributed by atoms with Crippen LogP contribution in [0.4, 0.5) is 5.69 Å². The van der Waals surface area contributed by atoms with Crippen molar-refractivity contribution in [3.8, 4) is 0 Å². The molecule has 3 nitrogen and oxygen atoms in total. The van der Waals surface area contributed by atoms with Crippen molar-refractivity contribution in [2.24, 2.45) is 0 Å². The zero-order valence-corrected chi connectivity index (χ0v) is 10.1. The van der Waals surface area contributed by atoms with Gasteiger partial charge in [0.25, 0.3) is 0 Å². The Labute approximate surface area is 103 Å². The van der Waals surface area contributed by atoms with Crippen molar-refractivity contribution in [3.05, 3.63) is 23.8 Å². The van der Waals surface area contributed by atoms with E-state index in [1.165, 1.54) is 11.8 Å². The molecule has 1 aromatic rings. The molecular formula is C11H12ClNO2S. The number of alkyl halides is 1. The Balaban J connectivity index is 2.18. The number of anilines is 1. The number of hydrogen-bond acceptors (Lipinski definition) is 3. The van der Waals surface area contributed by atoms with Crippen molar-refractivity contribution >= 4 is 35.0 Å². The lowest BCUT2D eigenvalue weighted by molar-refractivity contribution is -0.113. The highest BCUT2D eigenvalue weighted by atomic mass is 35.5. The summed E-state index contributed by atoms with van der Waals surface area (Å²) in [5, 5.41) is 12.3. The minimum Gasteiger partial charge on any atom is -0.392 e. The number of fused-ring (bicyclic) bond motifs is 1. The number of aliphatic hydroxyl groups excluding tert-OH is 1. The Morgan fingerprint density at radius 3 is 3.12 bits per heavy atom. The summed E-state index contributed by atoms with van der Waals surface area (Å²) in [5.74, 6) is 0.710. The second kappa shape index (κ2) is 5.08. The fourth-order valence-corrected chi connectivity index (χ4v) is 2.48. The van der Waals surface area contributed by atoms with E-state index in [1.807, 2.05) is 18.2 Å². The number of carbonyl (C=O) groups excluding carboxylic acids is 1. The fourth-order valence-electron chi connectivity index (χ4n) is 1.58.